The number of rotatable bonds is 5. The number of aliphatic hydroxyl groups is 1. The second-order valence-corrected chi connectivity index (χ2v) is 4.41. The van der Waals surface area contributed by atoms with Crippen LogP contribution in [0.5, 0.6) is 0 Å². The Kier molecular flexibility index (Phi) is 4.25. The second-order valence-electron chi connectivity index (χ2n) is 4.41. The standard InChI is InChI=1S/C13H16N4O2/c1-9(7-18)6-14-13(19)11-4-2-3-10(5-11)12-15-8-16-17-12/h2-5,8-9,18H,6-7H2,1H3,(H,14,19)(H,15,16,17). The van der Waals surface area contributed by atoms with Gasteiger partial charge in [0.25, 0.3) is 5.91 Å². The van der Waals surface area contributed by atoms with Gasteiger partial charge in [0.15, 0.2) is 5.82 Å². The molecule has 1 heterocycles. The first-order valence-electron chi connectivity index (χ1n) is 6.05. The molecule has 19 heavy (non-hydrogen) atoms. The van der Waals surface area contributed by atoms with Gasteiger partial charge in [-0.25, -0.2) is 4.98 Å². The number of nitrogens with zero attached hydrogens (tertiary/aromatic N) is 2. The molecule has 0 aliphatic heterocycles. The summed E-state index contributed by atoms with van der Waals surface area (Å²) >= 11 is 0. The van der Waals surface area contributed by atoms with E-state index in [9.17, 15) is 4.79 Å². The quantitative estimate of drug-likeness (QED) is 0.742. The van der Waals surface area contributed by atoms with Crippen LogP contribution in [0.25, 0.3) is 11.4 Å². The van der Waals surface area contributed by atoms with Gasteiger partial charge in [0.2, 0.25) is 0 Å². The van der Waals surface area contributed by atoms with Gasteiger partial charge >= 0.3 is 0 Å². The highest BCUT2D eigenvalue weighted by molar-refractivity contribution is 5.95. The van der Waals surface area contributed by atoms with E-state index in [4.69, 9.17) is 5.11 Å². The normalized spacial score (nSPS) is 12.1. The molecule has 6 nitrogen and oxygen atoms in total. The van der Waals surface area contributed by atoms with E-state index in [0.29, 0.717) is 17.9 Å². The predicted molar refractivity (Wildman–Crippen MR) is 70.4 cm³/mol. The Balaban J connectivity index is 2.08. The van der Waals surface area contributed by atoms with Gasteiger partial charge < -0.3 is 10.4 Å². The third-order valence-corrected chi connectivity index (χ3v) is 2.74. The monoisotopic (exact) mass is 260 g/mol. The number of benzene rings is 1. The molecule has 1 atom stereocenters. The minimum Gasteiger partial charge on any atom is -0.396 e. The van der Waals surface area contributed by atoms with Crippen molar-refractivity contribution in [1.29, 1.82) is 0 Å². The fourth-order valence-corrected chi connectivity index (χ4v) is 1.59. The number of H-pyrrole nitrogens is 1. The van der Waals surface area contributed by atoms with Gasteiger partial charge in [-0.1, -0.05) is 19.1 Å². The van der Waals surface area contributed by atoms with Crippen molar-refractivity contribution in [2.45, 2.75) is 6.92 Å². The summed E-state index contributed by atoms with van der Waals surface area (Å²) in [6.45, 7) is 2.37. The topological polar surface area (TPSA) is 90.9 Å². The van der Waals surface area contributed by atoms with Gasteiger partial charge in [-0.05, 0) is 18.1 Å². The zero-order chi connectivity index (χ0) is 13.7. The zero-order valence-corrected chi connectivity index (χ0v) is 10.6. The van der Waals surface area contributed by atoms with Crippen LogP contribution in [0.4, 0.5) is 0 Å². The van der Waals surface area contributed by atoms with Crippen molar-refractivity contribution in [3.63, 3.8) is 0 Å². The number of nitrogens with one attached hydrogen (secondary N) is 2. The average molecular weight is 260 g/mol. The van der Waals surface area contributed by atoms with Gasteiger partial charge in [0.1, 0.15) is 6.33 Å². The highest BCUT2D eigenvalue weighted by Gasteiger charge is 2.09. The van der Waals surface area contributed by atoms with Crippen LogP contribution in [0.2, 0.25) is 0 Å². The van der Waals surface area contributed by atoms with E-state index >= 15 is 0 Å². The Hall–Kier alpha value is -2.21. The molecule has 100 valence electrons. The molecule has 3 N–H and O–H groups in total. The number of hydrogen-bond donors (Lipinski definition) is 3. The van der Waals surface area contributed by atoms with Crippen molar-refractivity contribution < 1.29 is 9.90 Å². The molecule has 2 aromatic rings. The highest BCUT2D eigenvalue weighted by Crippen LogP contribution is 2.15. The molecule has 6 heteroatoms. The van der Waals surface area contributed by atoms with Gasteiger partial charge in [-0.3, -0.25) is 9.89 Å². The Morgan fingerprint density at radius 1 is 1.53 bits per heavy atom. The largest absolute Gasteiger partial charge is 0.396 e. The summed E-state index contributed by atoms with van der Waals surface area (Å²) in [5.41, 5.74) is 1.36. The van der Waals surface area contributed by atoms with E-state index in [1.165, 1.54) is 6.33 Å². The number of aromatic nitrogens is 3. The first kappa shape index (κ1) is 13.2. The lowest BCUT2D eigenvalue weighted by molar-refractivity contribution is 0.0942. The molecule has 0 saturated heterocycles. The van der Waals surface area contributed by atoms with Crippen molar-refractivity contribution in [2.75, 3.05) is 13.2 Å². The van der Waals surface area contributed by atoms with E-state index in [1.54, 1.807) is 18.2 Å². The number of amides is 1. The first-order valence-corrected chi connectivity index (χ1v) is 6.05. The first-order chi connectivity index (χ1) is 9.20. The highest BCUT2D eigenvalue weighted by atomic mass is 16.3. The Morgan fingerprint density at radius 2 is 2.37 bits per heavy atom. The molecule has 0 saturated carbocycles. The van der Waals surface area contributed by atoms with Crippen LogP contribution in [0, 0.1) is 5.92 Å². The maximum absolute atomic E-state index is 11.9. The Bertz CT molecular complexity index is 539. The molecule has 1 unspecified atom stereocenters. The van der Waals surface area contributed by atoms with Crippen LogP contribution < -0.4 is 5.32 Å². The lowest BCUT2D eigenvalue weighted by Crippen LogP contribution is -2.29. The molecule has 2 rings (SSSR count). The fourth-order valence-electron chi connectivity index (χ4n) is 1.59. The van der Waals surface area contributed by atoms with Crippen LogP contribution in [-0.2, 0) is 0 Å². The smallest absolute Gasteiger partial charge is 0.251 e. The number of aromatic amines is 1. The summed E-state index contributed by atoms with van der Waals surface area (Å²) in [6.07, 6.45) is 1.42. The predicted octanol–water partition coefficient (Wildman–Crippen LogP) is 0.830. The molecule has 1 amide bonds. The van der Waals surface area contributed by atoms with Crippen molar-refractivity contribution >= 4 is 5.91 Å². The van der Waals surface area contributed by atoms with Gasteiger partial charge in [0, 0.05) is 24.3 Å². The molecule has 0 fully saturated rings. The van der Waals surface area contributed by atoms with E-state index in [1.807, 2.05) is 13.0 Å². The second kappa shape index (κ2) is 6.10. The SMILES string of the molecule is CC(CO)CNC(=O)c1cccc(-c2ncn[nH]2)c1. The van der Waals surface area contributed by atoms with Gasteiger partial charge in [-0.2, -0.15) is 5.10 Å². The summed E-state index contributed by atoms with van der Waals surface area (Å²) in [5.74, 6) is 0.501. The molecule has 1 aromatic heterocycles. The van der Waals surface area contributed by atoms with Crippen LogP contribution >= 0.6 is 0 Å². The molecular weight excluding hydrogens is 244 g/mol. The van der Waals surface area contributed by atoms with Crippen LogP contribution in [0.1, 0.15) is 17.3 Å². The number of carbonyl (C=O) groups excluding carboxylic acids is 1. The Morgan fingerprint density at radius 3 is 3.05 bits per heavy atom. The molecule has 0 radical (unpaired) electrons. The van der Waals surface area contributed by atoms with Crippen molar-refractivity contribution in [3.05, 3.63) is 36.2 Å². The van der Waals surface area contributed by atoms with Crippen molar-refractivity contribution in [3.8, 4) is 11.4 Å². The third-order valence-electron chi connectivity index (χ3n) is 2.74. The van der Waals surface area contributed by atoms with Crippen molar-refractivity contribution in [1.82, 2.24) is 20.5 Å². The zero-order valence-electron chi connectivity index (χ0n) is 10.6. The summed E-state index contributed by atoms with van der Waals surface area (Å²) < 4.78 is 0. The van der Waals surface area contributed by atoms with E-state index in [-0.39, 0.29) is 18.4 Å². The van der Waals surface area contributed by atoms with Gasteiger partial charge in [0.05, 0.1) is 0 Å². The molecule has 0 aliphatic carbocycles. The van der Waals surface area contributed by atoms with E-state index in [0.717, 1.165) is 5.56 Å². The lowest BCUT2D eigenvalue weighted by Gasteiger charge is -2.10. The third kappa shape index (κ3) is 3.38. The lowest BCUT2D eigenvalue weighted by atomic mass is 10.1. The number of hydrogen-bond acceptors (Lipinski definition) is 4. The minimum atomic E-state index is -0.165. The molecular formula is C13H16N4O2. The van der Waals surface area contributed by atoms with Crippen LogP contribution in [0.15, 0.2) is 30.6 Å². The molecule has 1 aromatic carbocycles. The van der Waals surface area contributed by atoms with Crippen molar-refractivity contribution in [2.24, 2.45) is 5.92 Å². The minimum absolute atomic E-state index is 0.0430. The molecule has 0 spiro atoms. The number of carbonyl (C=O) groups is 1. The maximum Gasteiger partial charge on any atom is 0.251 e. The number of aliphatic hydroxyl groups excluding tert-OH is 1. The van der Waals surface area contributed by atoms with Crippen LogP contribution in [0.3, 0.4) is 0 Å². The van der Waals surface area contributed by atoms with E-state index in [2.05, 4.69) is 20.5 Å². The summed E-state index contributed by atoms with van der Waals surface area (Å²) in [7, 11) is 0. The molecule has 0 aliphatic rings. The van der Waals surface area contributed by atoms with E-state index < -0.39 is 0 Å². The summed E-state index contributed by atoms with van der Waals surface area (Å²) in [4.78, 5) is 16.0. The Labute approximate surface area is 110 Å². The fraction of sp³-hybridized carbons (Fsp3) is 0.308. The summed E-state index contributed by atoms with van der Waals surface area (Å²) in [5, 5.41) is 18.2. The maximum atomic E-state index is 11.9. The van der Waals surface area contributed by atoms with Gasteiger partial charge in [-0.15, -0.1) is 0 Å². The van der Waals surface area contributed by atoms with Crippen LogP contribution in [-0.4, -0.2) is 39.3 Å². The average Bonchev–Trinajstić information content (AvgIpc) is 2.98. The summed E-state index contributed by atoms with van der Waals surface area (Å²) in [6, 6.07) is 7.13. The molecule has 0 bridgehead atoms.